The predicted molar refractivity (Wildman–Crippen MR) is 123 cm³/mol. The van der Waals surface area contributed by atoms with Gasteiger partial charge in [-0.05, 0) is 83.7 Å². The Labute approximate surface area is 175 Å². The number of rotatable bonds is 7. The van der Waals surface area contributed by atoms with Crippen LogP contribution in [0.4, 0.5) is 0 Å². The molecule has 1 heterocycles. The molecule has 0 amide bonds. The zero-order valence-corrected chi connectivity index (χ0v) is 18.0. The molecule has 2 heteroatoms. The molecule has 0 saturated heterocycles. The lowest BCUT2D eigenvalue weighted by Gasteiger charge is -2.20. The quantitative estimate of drug-likeness (QED) is 0.525. The van der Waals surface area contributed by atoms with Gasteiger partial charge in [0.25, 0.3) is 0 Å². The second-order valence-electron chi connectivity index (χ2n) is 8.24. The van der Waals surface area contributed by atoms with E-state index in [2.05, 4.69) is 56.8 Å². The van der Waals surface area contributed by atoms with Gasteiger partial charge in [-0.3, -0.25) is 0 Å². The van der Waals surface area contributed by atoms with E-state index < -0.39 is 0 Å². The van der Waals surface area contributed by atoms with Gasteiger partial charge in [-0.25, -0.2) is 0 Å². The van der Waals surface area contributed by atoms with Crippen LogP contribution in [0.5, 0.6) is 5.75 Å². The molecule has 1 aliphatic heterocycles. The van der Waals surface area contributed by atoms with E-state index in [4.69, 9.17) is 4.74 Å². The van der Waals surface area contributed by atoms with Crippen LogP contribution >= 0.6 is 0 Å². The van der Waals surface area contributed by atoms with Crippen molar-refractivity contribution in [3.05, 3.63) is 88.5 Å². The molecule has 2 aromatic rings. The third kappa shape index (κ3) is 5.07. The van der Waals surface area contributed by atoms with Crippen LogP contribution in [-0.2, 0) is 4.74 Å². The van der Waals surface area contributed by atoms with Crippen LogP contribution in [0.2, 0.25) is 0 Å². The van der Waals surface area contributed by atoms with Crippen LogP contribution in [0.15, 0.2) is 66.3 Å². The van der Waals surface area contributed by atoms with Gasteiger partial charge in [0.2, 0.25) is 0 Å². The molecule has 0 bridgehead atoms. The number of hydrogen-bond donors (Lipinski definition) is 1. The summed E-state index contributed by atoms with van der Waals surface area (Å²) in [5.74, 6) is 0.808. The van der Waals surface area contributed by atoms with Gasteiger partial charge < -0.3 is 9.84 Å². The number of aromatic hydroxyl groups is 1. The second-order valence-corrected chi connectivity index (χ2v) is 8.24. The fraction of sp³-hybridized carbons (Fsp3) is 0.333. The standard InChI is InChI=1S/C27H32O2/c1-18(2)21(5)25-13-14-29-26(25)12-11-24(23-9-7-6-8-10-23)17-22-15-19(3)27(28)20(4)16-22/h6-10,13,15-18,26,28H,5,11-12,14H2,1-4H3/b24-17-. The van der Waals surface area contributed by atoms with Crippen molar-refractivity contribution in [3.8, 4) is 5.75 Å². The summed E-state index contributed by atoms with van der Waals surface area (Å²) < 4.78 is 6.01. The summed E-state index contributed by atoms with van der Waals surface area (Å²) in [5.41, 5.74) is 7.88. The van der Waals surface area contributed by atoms with Crippen molar-refractivity contribution in [2.75, 3.05) is 6.61 Å². The Hall–Kier alpha value is -2.58. The first-order chi connectivity index (χ1) is 13.9. The number of phenols is 1. The SMILES string of the molecule is C=C(C1=CCOC1CC/C(=C/c1cc(C)c(O)c(C)c1)c1ccccc1)C(C)C. The maximum absolute atomic E-state index is 10.1. The summed E-state index contributed by atoms with van der Waals surface area (Å²) in [4.78, 5) is 0. The Balaban J connectivity index is 1.86. The van der Waals surface area contributed by atoms with Gasteiger partial charge in [-0.15, -0.1) is 0 Å². The highest BCUT2D eigenvalue weighted by atomic mass is 16.5. The molecule has 0 saturated carbocycles. The van der Waals surface area contributed by atoms with Crippen molar-refractivity contribution >= 4 is 11.6 Å². The summed E-state index contributed by atoms with van der Waals surface area (Å²) in [7, 11) is 0. The number of hydrogen-bond acceptors (Lipinski definition) is 2. The molecule has 1 unspecified atom stereocenters. The highest BCUT2D eigenvalue weighted by Gasteiger charge is 2.23. The molecule has 2 aromatic carbocycles. The topological polar surface area (TPSA) is 29.5 Å². The molecule has 1 atom stereocenters. The molecule has 152 valence electrons. The summed E-state index contributed by atoms with van der Waals surface area (Å²) in [6.45, 7) is 13.2. The van der Waals surface area contributed by atoms with Gasteiger partial charge in [0.1, 0.15) is 5.75 Å². The monoisotopic (exact) mass is 388 g/mol. The number of allylic oxidation sites excluding steroid dienone is 1. The lowest BCUT2D eigenvalue weighted by Crippen LogP contribution is -2.13. The molecule has 0 spiro atoms. The molecule has 0 radical (unpaired) electrons. The van der Waals surface area contributed by atoms with Crippen molar-refractivity contribution in [1.29, 1.82) is 0 Å². The van der Waals surface area contributed by atoms with Gasteiger partial charge in [-0.2, -0.15) is 0 Å². The molecule has 3 rings (SSSR count). The predicted octanol–water partition coefficient (Wildman–Crippen LogP) is 6.87. The Morgan fingerprint density at radius 2 is 1.83 bits per heavy atom. The highest BCUT2D eigenvalue weighted by Crippen LogP contribution is 2.33. The first-order valence-electron chi connectivity index (χ1n) is 10.4. The van der Waals surface area contributed by atoms with E-state index in [0.717, 1.165) is 29.5 Å². The largest absolute Gasteiger partial charge is 0.507 e. The Kier molecular flexibility index (Phi) is 6.76. The lowest BCUT2D eigenvalue weighted by molar-refractivity contribution is 0.117. The normalized spacial score (nSPS) is 16.9. The van der Waals surface area contributed by atoms with Gasteiger partial charge in [-0.1, -0.05) is 62.9 Å². The summed E-state index contributed by atoms with van der Waals surface area (Å²) in [5, 5.41) is 10.1. The van der Waals surface area contributed by atoms with Crippen molar-refractivity contribution < 1.29 is 9.84 Å². The van der Waals surface area contributed by atoms with Crippen LogP contribution < -0.4 is 0 Å². The average molecular weight is 389 g/mol. The van der Waals surface area contributed by atoms with Gasteiger partial charge in [0.15, 0.2) is 0 Å². The zero-order valence-electron chi connectivity index (χ0n) is 18.0. The Bertz CT molecular complexity index is 909. The molecule has 1 aliphatic rings. The second kappa shape index (κ2) is 9.28. The molecule has 29 heavy (non-hydrogen) atoms. The zero-order chi connectivity index (χ0) is 21.0. The minimum Gasteiger partial charge on any atom is -0.507 e. The summed E-state index contributed by atoms with van der Waals surface area (Å²) in [6, 6.07) is 14.6. The van der Waals surface area contributed by atoms with Gasteiger partial charge in [0.05, 0.1) is 12.7 Å². The fourth-order valence-electron chi connectivity index (χ4n) is 3.90. The minimum absolute atomic E-state index is 0.111. The van der Waals surface area contributed by atoms with E-state index in [-0.39, 0.29) is 6.10 Å². The minimum atomic E-state index is 0.111. The van der Waals surface area contributed by atoms with E-state index in [1.54, 1.807) is 0 Å². The maximum Gasteiger partial charge on any atom is 0.121 e. The van der Waals surface area contributed by atoms with Crippen molar-refractivity contribution in [2.24, 2.45) is 5.92 Å². The lowest BCUT2D eigenvalue weighted by atomic mass is 9.89. The number of aryl methyl sites for hydroxylation is 2. The number of ether oxygens (including phenoxy) is 1. The first-order valence-corrected chi connectivity index (χ1v) is 10.4. The van der Waals surface area contributed by atoms with Crippen LogP contribution in [-0.4, -0.2) is 17.8 Å². The third-order valence-electron chi connectivity index (χ3n) is 5.69. The van der Waals surface area contributed by atoms with Gasteiger partial charge in [0, 0.05) is 0 Å². The van der Waals surface area contributed by atoms with E-state index in [9.17, 15) is 5.11 Å². The third-order valence-corrected chi connectivity index (χ3v) is 5.69. The average Bonchev–Trinajstić information content (AvgIpc) is 3.17. The molecule has 0 fully saturated rings. The maximum atomic E-state index is 10.1. The molecule has 1 N–H and O–H groups in total. The highest BCUT2D eigenvalue weighted by molar-refractivity contribution is 5.82. The van der Waals surface area contributed by atoms with Crippen LogP contribution in [0.1, 0.15) is 48.9 Å². The first kappa shape index (κ1) is 21.1. The van der Waals surface area contributed by atoms with E-state index in [0.29, 0.717) is 18.3 Å². The van der Waals surface area contributed by atoms with E-state index in [1.165, 1.54) is 22.3 Å². The van der Waals surface area contributed by atoms with Gasteiger partial charge >= 0.3 is 0 Å². The molecule has 0 aromatic heterocycles. The van der Waals surface area contributed by atoms with Crippen LogP contribution in [0, 0.1) is 19.8 Å². The van der Waals surface area contributed by atoms with Crippen molar-refractivity contribution in [1.82, 2.24) is 0 Å². The summed E-state index contributed by atoms with van der Waals surface area (Å²) in [6.07, 6.45) is 6.38. The number of phenolic OH excluding ortho intramolecular Hbond substituents is 1. The smallest absolute Gasteiger partial charge is 0.121 e. The van der Waals surface area contributed by atoms with Crippen LogP contribution in [0.3, 0.4) is 0 Å². The Morgan fingerprint density at radius 3 is 2.45 bits per heavy atom. The molecular formula is C27H32O2. The van der Waals surface area contributed by atoms with Crippen LogP contribution in [0.25, 0.3) is 11.6 Å². The van der Waals surface area contributed by atoms with Crippen molar-refractivity contribution in [2.45, 2.75) is 46.6 Å². The molecular weight excluding hydrogens is 356 g/mol. The fourth-order valence-corrected chi connectivity index (χ4v) is 3.90. The Morgan fingerprint density at radius 1 is 1.17 bits per heavy atom. The van der Waals surface area contributed by atoms with E-state index in [1.807, 2.05) is 32.0 Å². The molecule has 0 aliphatic carbocycles. The molecule has 2 nitrogen and oxygen atoms in total. The summed E-state index contributed by atoms with van der Waals surface area (Å²) >= 11 is 0. The van der Waals surface area contributed by atoms with Crippen molar-refractivity contribution in [3.63, 3.8) is 0 Å². The number of benzene rings is 2. The van der Waals surface area contributed by atoms with E-state index >= 15 is 0 Å².